The molecule has 2 aromatic carbocycles. The summed E-state index contributed by atoms with van der Waals surface area (Å²) in [6.07, 6.45) is 0. The van der Waals surface area contributed by atoms with Gasteiger partial charge in [-0.2, -0.15) is 0 Å². The van der Waals surface area contributed by atoms with Crippen LogP contribution in [0.1, 0.15) is 15.9 Å². The first-order chi connectivity index (χ1) is 13.0. The number of amides is 2. The summed E-state index contributed by atoms with van der Waals surface area (Å²) in [5.41, 5.74) is 2.14. The second-order valence-electron chi connectivity index (χ2n) is 6.21. The highest BCUT2D eigenvalue weighted by atomic mass is 16.5. The summed E-state index contributed by atoms with van der Waals surface area (Å²) < 4.78 is 10.5. The molecule has 27 heavy (non-hydrogen) atoms. The van der Waals surface area contributed by atoms with Crippen molar-refractivity contribution in [2.24, 2.45) is 0 Å². The minimum absolute atomic E-state index is 0.123. The van der Waals surface area contributed by atoms with Gasteiger partial charge in [-0.15, -0.1) is 0 Å². The largest absolute Gasteiger partial charge is 0.493 e. The number of likely N-dealkylation sites (N-methyl/N-ethyl adjacent to an activating group) is 1. The van der Waals surface area contributed by atoms with Crippen LogP contribution in [0.15, 0.2) is 42.5 Å². The van der Waals surface area contributed by atoms with Crippen molar-refractivity contribution in [3.63, 3.8) is 0 Å². The molecule has 2 amide bonds. The monoisotopic (exact) mass is 372 g/mol. The van der Waals surface area contributed by atoms with E-state index in [9.17, 15) is 9.59 Å². The average molecular weight is 372 g/mol. The molecule has 0 heterocycles. The molecule has 3 N–H and O–H groups in total. The van der Waals surface area contributed by atoms with Crippen molar-refractivity contribution < 1.29 is 24.0 Å². The van der Waals surface area contributed by atoms with Crippen molar-refractivity contribution in [2.45, 2.75) is 6.54 Å². The molecule has 0 radical (unpaired) electrons. The van der Waals surface area contributed by atoms with Gasteiger partial charge in [0.1, 0.15) is 6.54 Å². The van der Waals surface area contributed by atoms with E-state index in [1.807, 2.05) is 25.2 Å². The van der Waals surface area contributed by atoms with Crippen LogP contribution in [-0.2, 0) is 11.3 Å². The Hall–Kier alpha value is -3.06. The zero-order valence-electron chi connectivity index (χ0n) is 16.1. The van der Waals surface area contributed by atoms with Gasteiger partial charge in [0.25, 0.3) is 11.8 Å². The third-order valence-electron chi connectivity index (χ3n) is 4.05. The molecular weight excluding hydrogens is 346 g/mol. The number of benzene rings is 2. The van der Waals surface area contributed by atoms with E-state index < -0.39 is 0 Å². The number of nitrogens with one attached hydrogen (secondary N) is 3. The van der Waals surface area contributed by atoms with Crippen molar-refractivity contribution in [1.82, 2.24) is 5.32 Å². The van der Waals surface area contributed by atoms with E-state index in [4.69, 9.17) is 9.47 Å². The molecule has 7 nitrogen and oxygen atoms in total. The molecule has 1 atom stereocenters. The number of methoxy groups -OCH3 is 2. The fourth-order valence-electron chi connectivity index (χ4n) is 2.76. The Labute approximate surface area is 159 Å². The summed E-state index contributed by atoms with van der Waals surface area (Å²) in [5, 5.41) is 5.40. The molecule has 7 heteroatoms. The van der Waals surface area contributed by atoms with Crippen molar-refractivity contribution in [2.75, 3.05) is 40.2 Å². The zero-order chi connectivity index (χ0) is 19.8. The van der Waals surface area contributed by atoms with Gasteiger partial charge < -0.3 is 25.0 Å². The summed E-state index contributed by atoms with van der Waals surface area (Å²) in [6, 6.07) is 12.6. The Bertz CT molecular complexity index is 808. The van der Waals surface area contributed by atoms with Gasteiger partial charge in [-0.3, -0.25) is 9.59 Å². The quantitative estimate of drug-likeness (QED) is 0.638. The Morgan fingerprint density at radius 2 is 1.78 bits per heavy atom. The lowest BCUT2D eigenvalue weighted by atomic mass is 10.2. The van der Waals surface area contributed by atoms with Crippen LogP contribution in [-0.4, -0.2) is 46.7 Å². The van der Waals surface area contributed by atoms with Crippen molar-refractivity contribution in [3.05, 3.63) is 53.6 Å². The summed E-state index contributed by atoms with van der Waals surface area (Å²) in [5.74, 6) is 1.02. The van der Waals surface area contributed by atoms with Gasteiger partial charge >= 0.3 is 0 Å². The van der Waals surface area contributed by atoms with Crippen LogP contribution in [0, 0.1) is 0 Å². The molecule has 0 aliphatic rings. The maximum Gasteiger partial charge on any atom is 0.279 e. The highest BCUT2D eigenvalue weighted by Gasteiger charge is 2.13. The van der Waals surface area contributed by atoms with Crippen LogP contribution < -0.4 is 25.0 Å². The number of carbonyl (C=O) groups excluding carboxylic acids is 2. The lowest BCUT2D eigenvalue weighted by Gasteiger charge is -2.15. The molecular formula is C20H26N3O4+. The van der Waals surface area contributed by atoms with Crippen LogP contribution in [0.4, 0.5) is 5.69 Å². The maximum absolute atomic E-state index is 12.3. The van der Waals surface area contributed by atoms with Crippen molar-refractivity contribution in [1.29, 1.82) is 0 Å². The number of hydrogen-bond donors (Lipinski definition) is 3. The smallest absolute Gasteiger partial charge is 0.279 e. The molecule has 2 aromatic rings. The van der Waals surface area contributed by atoms with E-state index in [0.717, 1.165) is 10.5 Å². The first-order valence-electron chi connectivity index (χ1n) is 8.61. The Kier molecular flexibility index (Phi) is 7.19. The number of rotatable bonds is 8. The van der Waals surface area contributed by atoms with Crippen LogP contribution >= 0.6 is 0 Å². The molecule has 0 aliphatic heterocycles. The van der Waals surface area contributed by atoms with Gasteiger partial charge in [-0.25, -0.2) is 0 Å². The third kappa shape index (κ3) is 5.72. The van der Waals surface area contributed by atoms with Gasteiger partial charge in [0.05, 0.1) is 21.3 Å². The van der Waals surface area contributed by atoms with Crippen LogP contribution in [0.25, 0.3) is 0 Å². The van der Waals surface area contributed by atoms with E-state index in [2.05, 4.69) is 10.6 Å². The number of ether oxygens (including phenoxy) is 2. The summed E-state index contributed by atoms with van der Waals surface area (Å²) >= 11 is 0. The highest BCUT2D eigenvalue weighted by Crippen LogP contribution is 2.27. The summed E-state index contributed by atoms with van der Waals surface area (Å²) in [7, 11) is 6.70. The Balaban J connectivity index is 1.95. The predicted molar refractivity (Wildman–Crippen MR) is 103 cm³/mol. The summed E-state index contributed by atoms with van der Waals surface area (Å²) in [4.78, 5) is 25.0. The van der Waals surface area contributed by atoms with Gasteiger partial charge in [0.2, 0.25) is 0 Å². The molecule has 1 unspecified atom stereocenters. The van der Waals surface area contributed by atoms with Crippen molar-refractivity contribution in [3.8, 4) is 11.5 Å². The molecule has 2 rings (SSSR count). The highest BCUT2D eigenvalue weighted by molar-refractivity contribution is 5.97. The van der Waals surface area contributed by atoms with E-state index in [0.29, 0.717) is 35.8 Å². The second kappa shape index (κ2) is 9.59. The van der Waals surface area contributed by atoms with Crippen LogP contribution in [0.3, 0.4) is 0 Å². The molecule has 0 spiro atoms. The van der Waals surface area contributed by atoms with Gasteiger partial charge in [0.15, 0.2) is 18.0 Å². The van der Waals surface area contributed by atoms with Gasteiger partial charge in [0, 0.05) is 23.9 Å². The first kappa shape index (κ1) is 20.3. The van der Waals surface area contributed by atoms with E-state index in [-0.39, 0.29) is 11.8 Å². The molecule has 0 saturated heterocycles. The fourth-order valence-corrected chi connectivity index (χ4v) is 2.76. The van der Waals surface area contributed by atoms with Crippen LogP contribution in [0.2, 0.25) is 0 Å². The normalized spacial score (nSPS) is 11.4. The fraction of sp³-hybridized carbons (Fsp3) is 0.300. The molecule has 0 aliphatic carbocycles. The predicted octanol–water partition coefficient (Wildman–Crippen LogP) is 0.717. The number of carbonyl (C=O) groups is 2. The molecule has 0 saturated carbocycles. The topological polar surface area (TPSA) is 81.1 Å². The SMILES string of the molecule is CNC(=O)c1cccc(NC(=O)C[NH+](C)Cc2ccc(OC)c(OC)c2)c1. The number of quaternary nitrogens is 1. The van der Waals surface area contributed by atoms with E-state index >= 15 is 0 Å². The first-order valence-corrected chi connectivity index (χ1v) is 8.61. The summed E-state index contributed by atoms with van der Waals surface area (Å²) in [6.45, 7) is 0.949. The molecule has 0 bridgehead atoms. The van der Waals surface area contributed by atoms with Gasteiger partial charge in [-0.05, 0) is 36.4 Å². The second-order valence-corrected chi connectivity index (χ2v) is 6.21. The van der Waals surface area contributed by atoms with E-state index in [1.54, 1.807) is 45.5 Å². The van der Waals surface area contributed by atoms with Crippen LogP contribution in [0.5, 0.6) is 11.5 Å². The third-order valence-corrected chi connectivity index (χ3v) is 4.05. The number of hydrogen-bond acceptors (Lipinski definition) is 4. The van der Waals surface area contributed by atoms with E-state index in [1.165, 1.54) is 0 Å². The maximum atomic E-state index is 12.3. The van der Waals surface area contributed by atoms with Gasteiger partial charge in [-0.1, -0.05) is 6.07 Å². The minimum atomic E-state index is -0.192. The molecule has 0 aromatic heterocycles. The Morgan fingerprint density at radius 3 is 2.44 bits per heavy atom. The average Bonchev–Trinajstić information content (AvgIpc) is 2.67. The zero-order valence-corrected chi connectivity index (χ0v) is 16.1. The standard InChI is InChI=1S/C20H25N3O4/c1-21-20(25)15-6-5-7-16(11-15)22-19(24)13-23(2)12-14-8-9-17(26-3)18(10-14)27-4/h5-11H,12-13H2,1-4H3,(H,21,25)(H,22,24)/p+1. The lowest BCUT2D eigenvalue weighted by Crippen LogP contribution is -3.08. The molecule has 0 fully saturated rings. The van der Waals surface area contributed by atoms with Crippen molar-refractivity contribution >= 4 is 17.5 Å². The number of anilines is 1. The molecule has 144 valence electrons. The lowest BCUT2D eigenvalue weighted by molar-refractivity contribution is -0.885. The Morgan fingerprint density at radius 1 is 1.04 bits per heavy atom. The minimum Gasteiger partial charge on any atom is -0.493 e.